The number of nitrogens with one attached hydrogen (secondary N) is 1. The molecule has 0 atom stereocenters. The maximum Gasteiger partial charge on any atom is 0.244 e. The first kappa shape index (κ1) is 14.0. The Kier molecular flexibility index (Phi) is 6.25. The standard InChI is InChI=1S/C14H16FNO2/c1-2-3-4-9-14(17)16-10-11-18-13-8-6-5-7-12(13)15/h2-9H,10-11H2,1H3,(H,16,17)/b3-2+,9-4+. The van der Waals surface area contributed by atoms with Gasteiger partial charge in [0.1, 0.15) is 6.61 Å². The number of benzene rings is 1. The highest BCUT2D eigenvalue weighted by Crippen LogP contribution is 2.14. The summed E-state index contributed by atoms with van der Waals surface area (Å²) in [5.74, 6) is -0.418. The number of carbonyl (C=O) groups is 1. The molecule has 0 bridgehead atoms. The number of carbonyl (C=O) groups excluding carboxylic acids is 1. The van der Waals surface area contributed by atoms with E-state index in [4.69, 9.17) is 4.74 Å². The highest BCUT2D eigenvalue weighted by atomic mass is 19.1. The van der Waals surface area contributed by atoms with Crippen molar-refractivity contribution >= 4 is 5.91 Å². The number of hydrogen-bond donors (Lipinski definition) is 1. The average Bonchev–Trinajstić information content (AvgIpc) is 2.37. The first-order valence-electron chi connectivity index (χ1n) is 5.68. The summed E-state index contributed by atoms with van der Waals surface area (Å²) < 4.78 is 18.3. The van der Waals surface area contributed by atoms with E-state index in [2.05, 4.69) is 5.32 Å². The minimum absolute atomic E-state index is 0.191. The summed E-state index contributed by atoms with van der Waals surface area (Å²) in [5, 5.41) is 2.62. The fourth-order valence-electron chi connectivity index (χ4n) is 1.21. The summed E-state index contributed by atoms with van der Waals surface area (Å²) in [6.07, 6.45) is 6.65. The minimum Gasteiger partial charge on any atom is -0.489 e. The number of halogens is 1. The predicted molar refractivity (Wildman–Crippen MR) is 68.9 cm³/mol. The van der Waals surface area contributed by atoms with Gasteiger partial charge in [0.2, 0.25) is 5.91 Å². The minimum atomic E-state index is -0.406. The fraction of sp³-hybridized carbons (Fsp3) is 0.214. The van der Waals surface area contributed by atoms with Gasteiger partial charge in [0.05, 0.1) is 6.54 Å². The van der Waals surface area contributed by atoms with Crippen LogP contribution < -0.4 is 10.1 Å². The zero-order valence-corrected chi connectivity index (χ0v) is 10.2. The van der Waals surface area contributed by atoms with E-state index < -0.39 is 5.82 Å². The fourth-order valence-corrected chi connectivity index (χ4v) is 1.21. The molecule has 0 saturated carbocycles. The summed E-state index contributed by atoms with van der Waals surface area (Å²) in [7, 11) is 0. The van der Waals surface area contributed by atoms with Crippen LogP contribution in [0.3, 0.4) is 0 Å². The summed E-state index contributed by atoms with van der Waals surface area (Å²) >= 11 is 0. The maximum absolute atomic E-state index is 13.1. The van der Waals surface area contributed by atoms with Crippen LogP contribution in [-0.2, 0) is 4.79 Å². The van der Waals surface area contributed by atoms with Gasteiger partial charge in [-0.2, -0.15) is 0 Å². The topological polar surface area (TPSA) is 38.3 Å². The molecule has 0 aliphatic carbocycles. The smallest absolute Gasteiger partial charge is 0.244 e. The van der Waals surface area contributed by atoms with Crippen LogP contribution in [-0.4, -0.2) is 19.1 Å². The second-order valence-electron chi connectivity index (χ2n) is 3.45. The molecule has 0 aromatic heterocycles. The zero-order valence-electron chi connectivity index (χ0n) is 10.2. The lowest BCUT2D eigenvalue weighted by Gasteiger charge is -2.06. The predicted octanol–water partition coefficient (Wildman–Crippen LogP) is 2.45. The van der Waals surface area contributed by atoms with Crippen LogP contribution >= 0.6 is 0 Å². The number of hydrogen-bond acceptors (Lipinski definition) is 2. The van der Waals surface area contributed by atoms with E-state index in [1.807, 2.05) is 13.0 Å². The lowest BCUT2D eigenvalue weighted by atomic mass is 10.3. The lowest BCUT2D eigenvalue weighted by Crippen LogP contribution is -2.26. The van der Waals surface area contributed by atoms with Gasteiger partial charge in [-0.3, -0.25) is 4.79 Å². The number of amides is 1. The van der Waals surface area contributed by atoms with Crippen molar-refractivity contribution in [3.63, 3.8) is 0 Å². The normalized spacial score (nSPS) is 11.0. The van der Waals surface area contributed by atoms with Gasteiger partial charge in [0, 0.05) is 6.08 Å². The van der Waals surface area contributed by atoms with E-state index in [-0.39, 0.29) is 18.3 Å². The molecule has 18 heavy (non-hydrogen) atoms. The lowest BCUT2D eigenvalue weighted by molar-refractivity contribution is -0.116. The van der Waals surface area contributed by atoms with Crippen LogP contribution in [0, 0.1) is 5.82 Å². The SMILES string of the molecule is C/C=C/C=C/C(=O)NCCOc1ccccc1F. The molecule has 0 heterocycles. The Bertz CT molecular complexity index is 441. The van der Waals surface area contributed by atoms with Gasteiger partial charge in [-0.1, -0.05) is 30.4 Å². The molecule has 0 spiro atoms. The van der Waals surface area contributed by atoms with E-state index in [0.717, 1.165) is 0 Å². The van der Waals surface area contributed by atoms with Crippen molar-refractivity contribution in [2.45, 2.75) is 6.92 Å². The summed E-state index contributed by atoms with van der Waals surface area (Å²) in [4.78, 5) is 11.2. The van der Waals surface area contributed by atoms with Crippen LogP contribution in [0.4, 0.5) is 4.39 Å². The molecule has 1 aromatic rings. The first-order chi connectivity index (χ1) is 8.74. The monoisotopic (exact) mass is 249 g/mol. The molecule has 1 rings (SSSR count). The Morgan fingerprint density at radius 1 is 1.39 bits per heavy atom. The van der Waals surface area contributed by atoms with Crippen LogP contribution in [0.15, 0.2) is 48.6 Å². The van der Waals surface area contributed by atoms with E-state index in [9.17, 15) is 9.18 Å². The molecule has 0 fully saturated rings. The van der Waals surface area contributed by atoms with Gasteiger partial charge >= 0.3 is 0 Å². The second-order valence-corrected chi connectivity index (χ2v) is 3.45. The second kappa shape index (κ2) is 8.06. The summed E-state index contributed by atoms with van der Waals surface area (Å²) in [6.45, 7) is 2.42. The van der Waals surface area contributed by atoms with Gasteiger partial charge in [-0.25, -0.2) is 4.39 Å². The van der Waals surface area contributed by atoms with Crippen molar-refractivity contribution in [1.29, 1.82) is 0 Å². The number of rotatable bonds is 6. The summed E-state index contributed by atoms with van der Waals surface area (Å²) in [6, 6.07) is 6.16. The van der Waals surface area contributed by atoms with Gasteiger partial charge in [-0.15, -0.1) is 0 Å². The molecule has 3 nitrogen and oxygen atoms in total. The molecule has 4 heteroatoms. The van der Waals surface area contributed by atoms with Gasteiger partial charge < -0.3 is 10.1 Å². The third-order valence-corrected chi connectivity index (χ3v) is 2.05. The van der Waals surface area contributed by atoms with Crippen LogP contribution in [0.5, 0.6) is 5.75 Å². The molecule has 0 radical (unpaired) electrons. The van der Waals surface area contributed by atoms with Crippen molar-refractivity contribution in [1.82, 2.24) is 5.32 Å². The molecule has 1 N–H and O–H groups in total. The third kappa shape index (κ3) is 5.30. The van der Waals surface area contributed by atoms with E-state index in [1.165, 1.54) is 12.1 Å². The van der Waals surface area contributed by atoms with Gasteiger partial charge in [0.25, 0.3) is 0 Å². The Morgan fingerprint density at radius 3 is 2.89 bits per heavy atom. The van der Waals surface area contributed by atoms with E-state index in [1.54, 1.807) is 30.4 Å². The van der Waals surface area contributed by atoms with Crippen LogP contribution in [0.25, 0.3) is 0 Å². The van der Waals surface area contributed by atoms with E-state index in [0.29, 0.717) is 6.54 Å². The Hall–Kier alpha value is -2.10. The summed E-state index contributed by atoms with van der Waals surface area (Å²) in [5.41, 5.74) is 0. The molecular weight excluding hydrogens is 233 g/mol. The maximum atomic E-state index is 13.1. The zero-order chi connectivity index (χ0) is 13.2. The molecule has 0 unspecified atom stereocenters. The molecule has 1 aromatic carbocycles. The molecule has 0 saturated heterocycles. The molecular formula is C14H16FNO2. The molecule has 0 aliphatic heterocycles. The highest BCUT2D eigenvalue weighted by Gasteiger charge is 2.00. The van der Waals surface area contributed by atoms with Crippen molar-refractivity contribution < 1.29 is 13.9 Å². The molecule has 0 aliphatic rings. The quantitative estimate of drug-likeness (QED) is 0.478. The number of para-hydroxylation sites is 1. The third-order valence-electron chi connectivity index (χ3n) is 2.05. The van der Waals surface area contributed by atoms with Gasteiger partial charge in [-0.05, 0) is 19.1 Å². The molecule has 96 valence electrons. The largest absolute Gasteiger partial charge is 0.489 e. The number of allylic oxidation sites excluding steroid dienone is 3. The van der Waals surface area contributed by atoms with Crippen LogP contribution in [0.1, 0.15) is 6.92 Å². The van der Waals surface area contributed by atoms with Crippen molar-refractivity contribution in [3.05, 3.63) is 54.4 Å². The first-order valence-corrected chi connectivity index (χ1v) is 5.68. The number of ether oxygens (including phenoxy) is 1. The highest BCUT2D eigenvalue weighted by molar-refractivity contribution is 5.87. The van der Waals surface area contributed by atoms with Crippen molar-refractivity contribution in [2.24, 2.45) is 0 Å². The van der Waals surface area contributed by atoms with Crippen LogP contribution in [0.2, 0.25) is 0 Å². The Balaban J connectivity index is 2.23. The Morgan fingerprint density at radius 2 is 2.17 bits per heavy atom. The van der Waals surface area contributed by atoms with E-state index >= 15 is 0 Å². The molecule has 1 amide bonds. The van der Waals surface area contributed by atoms with Gasteiger partial charge in [0.15, 0.2) is 11.6 Å². The average molecular weight is 249 g/mol. The Labute approximate surface area is 106 Å². The van der Waals surface area contributed by atoms with Crippen molar-refractivity contribution in [3.8, 4) is 5.75 Å². The van der Waals surface area contributed by atoms with Crippen molar-refractivity contribution in [2.75, 3.05) is 13.2 Å².